The molecule has 0 heterocycles. The van der Waals surface area contributed by atoms with Crippen molar-refractivity contribution in [2.24, 2.45) is 5.41 Å². The first-order valence-corrected chi connectivity index (χ1v) is 9.66. The van der Waals surface area contributed by atoms with Crippen molar-refractivity contribution in [2.45, 2.75) is 72.1 Å². The van der Waals surface area contributed by atoms with Crippen molar-refractivity contribution < 1.29 is 14.6 Å². The Kier molecular flexibility index (Phi) is 6.75. The van der Waals surface area contributed by atoms with Crippen LogP contribution in [0, 0.1) is 5.41 Å². The largest absolute Gasteiger partial charge is 0.418 e. The van der Waals surface area contributed by atoms with E-state index in [-0.39, 0.29) is 18.2 Å². The molecule has 0 saturated heterocycles. The number of aliphatic hydroxyl groups excluding tert-OH is 1. The smallest absolute Gasteiger partial charge is 0.415 e. The molecule has 1 aliphatic carbocycles. The van der Waals surface area contributed by atoms with Crippen molar-refractivity contribution in [3.8, 4) is 0 Å². The molecular weight excluding hydrogens is 350 g/mol. The van der Waals surface area contributed by atoms with Crippen LogP contribution in [0.4, 0.5) is 4.79 Å². The second-order valence-electron chi connectivity index (χ2n) is 7.85. The number of rotatable bonds is 5. The molecule has 0 aromatic heterocycles. The first-order chi connectivity index (χ1) is 12.2. The van der Waals surface area contributed by atoms with Crippen LogP contribution < -0.4 is 0 Å². The molecule has 1 N–H and O–H groups in total. The lowest BCUT2D eigenvalue weighted by Crippen LogP contribution is -2.41. The zero-order valence-electron chi connectivity index (χ0n) is 16.3. The number of amides is 1. The highest BCUT2D eigenvalue weighted by Crippen LogP contribution is 2.51. The fourth-order valence-electron chi connectivity index (χ4n) is 3.81. The monoisotopic (exact) mass is 379 g/mol. The van der Waals surface area contributed by atoms with E-state index in [1.165, 1.54) is 0 Å². The lowest BCUT2D eigenvalue weighted by Gasteiger charge is -2.33. The van der Waals surface area contributed by atoms with E-state index in [0.29, 0.717) is 5.02 Å². The van der Waals surface area contributed by atoms with Gasteiger partial charge in [0, 0.05) is 22.5 Å². The molecule has 2 atom stereocenters. The number of hydrogen-bond donors (Lipinski definition) is 1. The maximum Gasteiger partial charge on any atom is 0.415 e. The average molecular weight is 380 g/mol. The molecule has 26 heavy (non-hydrogen) atoms. The van der Waals surface area contributed by atoms with E-state index >= 15 is 0 Å². The van der Waals surface area contributed by atoms with Crippen LogP contribution in [0.3, 0.4) is 0 Å². The zero-order chi connectivity index (χ0) is 19.5. The Bertz CT molecular complexity index is 646. The molecule has 1 aromatic carbocycles. The van der Waals surface area contributed by atoms with Gasteiger partial charge in [-0.3, -0.25) is 0 Å². The summed E-state index contributed by atoms with van der Waals surface area (Å²) in [6, 6.07) is 7.39. The highest BCUT2D eigenvalue weighted by atomic mass is 35.5. The topological polar surface area (TPSA) is 49.8 Å². The summed E-state index contributed by atoms with van der Waals surface area (Å²) in [5, 5.41) is 11.6. The summed E-state index contributed by atoms with van der Waals surface area (Å²) in [7, 11) is 0. The van der Waals surface area contributed by atoms with E-state index in [9.17, 15) is 9.90 Å². The highest BCUT2D eigenvalue weighted by Gasteiger charge is 2.41. The van der Waals surface area contributed by atoms with Gasteiger partial charge < -0.3 is 14.7 Å². The van der Waals surface area contributed by atoms with Gasteiger partial charge in [0.05, 0.1) is 12.4 Å². The summed E-state index contributed by atoms with van der Waals surface area (Å²) in [5.41, 5.74) is 1.34. The number of hydrogen-bond acceptors (Lipinski definition) is 3. The van der Waals surface area contributed by atoms with Crippen LogP contribution in [0.2, 0.25) is 5.02 Å². The third-order valence-electron chi connectivity index (χ3n) is 5.29. The highest BCUT2D eigenvalue weighted by molar-refractivity contribution is 6.30. The molecule has 4 nitrogen and oxygen atoms in total. The fraction of sp³-hybridized carbons (Fsp3) is 0.571. The van der Waals surface area contributed by atoms with Crippen LogP contribution in [-0.2, 0) is 4.74 Å². The van der Waals surface area contributed by atoms with Crippen LogP contribution in [0.15, 0.2) is 36.1 Å². The lowest BCUT2D eigenvalue weighted by molar-refractivity contribution is 0.0623. The van der Waals surface area contributed by atoms with Gasteiger partial charge in [-0.1, -0.05) is 30.7 Å². The molecule has 0 bridgehead atoms. The second kappa shape index (κ2) is 8.45. The van der Waals surface area contributed by atoms with Gasteiger partial charge in [0.25, 0.3) is 0 Å². The molecule has 144 valence electrons. The molecule has 0 radical (unpaired) electrons. The van der Waals surface area contributed by atoms with E-state index in [0.717, 1.165) is 30.4 Å². The number of aliphatic hydroxyl groups is 1. The van der Waals surface area contributed by atoms with E-state index < -0.39 is 11.5 Å². The summed E-state index contributed by atoms with van der Waals surface area (Å²) in [6.07, 6.45) is 3.17. The van der Waals surface area contributed by atoms with Gasteiger partial charge in [-0.05, 0) is 70.2 Å². The number of carbonyl (C=O) groups is 1. The standard InChI is InChI=1S/C21H30ClNO3/c1-14(2)23(15(3)4)20(25)26-13-17-7-6-12-21(17,5)19(24)16-8-10-18(22)11-9-16/h8-11,13-15,19,24H,6-7,12H2,1-5H3/b17-13-/t19-,21+/m0/s1. The van der Waals surface area contributed by atoms with Crippen molar-refractivity contribution in [1.29, 1.82) is 0 Å². The fourth-order valence-corrected chi connectivity index (χ4v) is 3.94. The van der Waals surface area contributed by atoms with Gasteiger partial charge in [-0.15, -0.1) is 0 Å². The van der Waals surface area contributed by atoms with Crippen LogP contribution in [0.1, 0.15) is 65.5 Å². The van der Waals surface area contributed by atoms with Gasteiger partial charge in [0.15, 0.2) is 0 Å². The Morgan fingerprint density at radius 1 is 1.23 bits per heavy atom. The zero-order valence-corrected chi connectivity index (χ0v) is 17.1. The normalized spacial score (nSPS) is 22.9. The third-order valence-corrected chi connectivity index (χ3v) is 5.54. The maximum atomic E-state index is 12.5. The summed E-state index contributed by atoms with van der Waals surface area (Å²) in [4.78, 5) is 14.2. The molecule has 1 amide bonds. The summed E-state index contributed by atoms with van der Waals surface area (Å²) in [6.45, 7) is 9.91. The molecule has 2 rings (SSSR count). The van der Waals surface area contributed by atoms with Gasteiger partial charge in [0.2, 0.25) is 0 Å². The van der Waals surface area contributed by atoms with Gasteiger partial charge in [-0.25, -0.2) is 4.79 Å². The number of halogens is 1. The average Bonchev–Trinajstić information content (AvgIpc) is 2.94. The molecule has 0 unspecified atom stereocenters. The van der Waals surface area contributed by atoms with Crippen LogP contribution in [-0.4, -0.2) is 28.2 Å². The second-order valence-corrected chi connectivity index (χ2v) is 8.28. The quantitative estimate of drug-likeness (QED) is 0.667. The van der Waals surface area contributed by atoms with E-state index in [4.69, 9.17) is 16.3 Å². The molecule has 1 saturated carbocycles. The predicted octanol–water partition coefficient (Wildman–Crippen LogP) is 5.70. The van der Waals surface area contributed by atoms with Crippen LogP contribution >= 0.6 is 11.6 Å². The van der Waals surface area contributed by atoms with E-state index in [1.807, 2.05) is 46.8 Å². The summed E-state index contributed by atoms with van der Waals surface area (Å²) in [5.74, 6) is 0. The number of benzene rings is 1. The molecule has 0 spiro atoms. The minimum atomic E-state index is -0.668. The minimum absolute atomic E-state index is 0.0653. The Hall–Kier alpha value is -1.52. The van der Waals surface area contributed by atoms with Crippen molar-refractivity contribution in [1.82, 2.24) is 4.90 Å². The Morgan fingerprint density at radius 2 is 1.81 bits per heavy atom. The first-order valence-electron chi connectivity index (χ1n) is 9.29. The van der Waals surface area contributed by atoms with Gasteiger partial charge >= 0.3 is 6.09 Å². The molecule has 1 fully saturated rings. The molecular formula is C21H30ClNO3. The number of ether oxygens (including phenoxy) is 1. The van der Waals surface area contributed by atoms with E-state index in [1.54, 1.807) is 23.3 Å². The van der Waals surface area contributed by atoms with Crippen LogP contribution in [0.5, 0.6) is 0 Å². The molecule has 1 aliphatic rings. The third kappa shape index (κ3) is 4.41. The Morgan fingerprint density at radius 3 is 2.35 bits per heavy atom. The predicted molar refractivity (Wildman–Crippen MR) is 105 cm³/mol. The van der Waals surface area contributed by atoms with Crippen molar-refractivity contribution in [2.75, 3.05) is 0 Å². The van der Waals surface area contributed by atoms with E-state index in [2.05, 4.69) is 0 Å². The van der Waals surface area contributed by atoms with Crippen LogP contribution in [0.25, 0.3) is 0 Å². The SMILES string of the molecule is CC(C)N(C(=O)O/C=C1/CCC[C@@]1(C)[C@@H](O)c1ccc(Cl)cc1)C(C)C. The Balaban J connectivity index is 2.18. The lowest BCUT2D eigenvalue weighted by atomic mass is 9.76. The van der Waals surface area contributed by atoms with Crippen molar-refractivity contribution >= 4 is 17.7 Å². The molecule has 1 aromatic rings. The summed E-state index contributed by atoms with van der Waals surface area (Å²) >= 11 is 5.95. The molecule has 5 heteroatoms. The minimum Gasteiger partial charge on any atom is -0.418 e. The van der Waals surface area contributed by atoms with Crippen molar-refractivity contribution in [3.05, 3.63) is 46.7 Å². The summed E-state index contributed by atoms with van der Waals surface area (Å²) < 4.78 is 5.50. The number of carbonyl (C=O) groups excluding carboxylic acids is 1. The van der Waals surface area contributed by atoms with Gasteiger partial charge in [0.1, 0.15) is 0 Å². The Labute approximate surface area is 161 Å². The van der Waals surface area contributed by atoms with Crippen molar-refractivity contribution in [3.63, 3.8) is 0 Å². The first kappa shape index (κ1) is 20.8. The van der Waals surface area contributed by atoms with Gasteiger partial charge in [-0.2, -0.15) is 0 Å². The molecule has 0 aliphatic heterocycles. The number of nitrogens with zero attached hydrogens (tertiary/aromatic N) is 1. The maximum absolute atomic E-state index is 12.5.